The zero-order valence-electron chi connectivity index (χ0n) is 14.9. The van der Waals surface area contributed by atoms with Gasteiger partial charge >= 0.3 is 6.09 Å². The number of rotatable bonds is 3. The molecule has 0 unspecified atom stereocenters. The Morgan fingerprint density at radius 1 is 1.03 bits per heavy atom. The summed E-state index contributed by atoms with van der Waals surface area (Å²) in [5.74, 6) is 0.820. The fourth-order valence-corrected chi connectivity index (χ4v) is 3.60. The number of carbonyl (C=O) groups is 1. The maximum Gasteiger partial charge on any atom is 0.475 e. The van der Waals surface area contributed by atoms with Crippen LogP contribution in [0, 0.1) is 0 Å². The smallest absolute Gasteiger partial charge is 0.475 e. The molecule has 29 heavy (non-hydrogen) atoms. The molecule has 5 nitrogen and oxygen atoms in total. The number of halogens is 3. The monoisotopic (exact) mass is 489 g/mol. The normalized spacial score (nSPS) is 10.3. The zero-order valence-corrected chi connectivity index (χ0v) is 18.0. The summed E-state index contributed by atoms with van der Waals surface area (Å²) in [6.07, 6.45) is 4.33. The predicted octanol–water partition coefficient (Wildman–Crippen LogP) is 2.41. The van der Waals surface area contributed by atoms with Crippen molar-refractivity contribution in [1.29, 1.82) is 0 Å². The van der Waals surface area contributed by atoms with Crippen LogP contribution in [0.4, 0.5) is 10.6 Å². The molecule has 4 aromatic rings. The van der Waals surface area contributed by atoms with Crippen molar-refractivity contribution in [3.63, 3.8) is 0 Å². The summed E-state index contributed by atoms with van der Waals surface area (Å²) in [5, 5.41) is 3.61. The molecule has 1 amide bonds. The van der Waals surface area contributed by atoms with Crippen molar-refractivity contribution in [2.75, 3.05) is 5.01 Å². The highest BCUT2D eigenvalue weighted by Crippen LogP contribution is 2.28. The van der Waals surface area contributed by atoms with E-state index in [9.17, 15) is 4.79 Å². The molecular formula is C21H14BrCl2N3O2. The van der Waals surface area contributed by atoms with Crippen LogP contribution in [0.5, 0.6) is 5.75 Å². The molecule has 0 saturated carbocycles. The van der Waals surface area contributed by atoms with E-state index in [4.69, 9.17) is 16.3 Å². The lowest BCUT2D eigenvalue weighted by molar-refractivity contribution is -0.675. The number of nitrogens with zero attached hydrogens (tertiary/aromatic N) is 3. The maximum absolute atomic E-state index is 13.2. The van der Waals surface area contributed by atoms with Crippen molar-refractivity contribution in [2.45, 2.75) is 0 Å². The van der Waals surface area contributed by atoms with Crippen molar-refractivity contribution in [3.05, 3.63) is 94.8 Å². The molecule has 0 N–H and O–H groups in total. The van der Waals surface area contributed by atoms with Gasteiger partial charge in [0.2, 0.25) is 18.2 Å². The molecule has 0 radical (unpaired) electrons. The average molecular weight is 491 g/mol. The number of ether oxygens (including phenoxy) is 1. The van der Waals surface area contributed by atoms with E-state index in [-0.39, 0.29) is 12.4 Å². The predicted molar refractivity (Wildman–Crippen MR) is 111 cm³/mol. The molecule has 2 aromatic heterocycles. The van der Waals surface area contributed by atoms with Gasteiger partial charge in [0, 0.05) is 23.7 Å². The van der Waals surface area contributed by atoms with E-state index in [0.29, 0.717) is 21.1 Å². The van der Waals surface area contributed by atoms with Crippen LogP contribution in [0.2, 0.25) is 5.02 Å². The van der Waals surface area contributed by atoms with Crippen molar-refractivity contribution in [1.82, 2.24) is 4.98 Å². The third-order valence-corrected chi connectivity index (χ3v) is 4.83. The van der Waals surface area contributed by atoms with Gasteiger partial charge in [-0.3, -0.25) is 0 Å². The number of benzene rings is 2. The first kappa shape index (κ1) is 21.0. The van der Waals surface area contributed by atoms with E-state index in [1.807, 2.05) is 54.6 Å². The third kappa shape index (κ3) is 4.50. The van der Waals surface area contributed by atoms with Crippen LogP contribution in [-0.4, -0.2) is 11.1 Å². The maximum atomic E-state index is 13.2. The summed E-state index contributed by atoms with van der Waals surface area (Å²) in [6.45, 7) is 0. The fraction of sp³-hybridized carbons (Fsp3) is 0. The van der Waals surface area contributed by atoms with Gasteiger partial charge in [0.1, 0.15) is 5.75 Å². The second-order valence-electron chi connectivity index (χ2n) is 5.87. The number of amides is 1. The van der Waals surface area contributed by atoms with Gasteiger partial charge in [-0.2, -0.15) is 0 Å². The van der Waals surface area contributed by atoms with Crippen molar-refractivity contribution < 1.29 is 26.6 Å². The lowest BCUT2D eigenvalue weighted by atomic mass is 10.1. The van der Waals surface area contributed by atoms with Gasteiger partial charge in [0.05, 0.1) is 9.50 Å². The van der Waals surface area contributed by atoms with Crippen LogP contribution in [0.3, 0.4) is 0 Å². The molecule has 0 aliphatic rings. The van der Waals surface area contributed by atoms with Crippen LogP contribution < -0.4 is 26.8 Å². The molecule has 0 aliphatic carbocycles. The first-order valence-electron chi connectivity index (χ1n) is 8.41. The van der Waals surface area contributed by atoms with E-state index in [1.54, 1.807) is 29.2 Å². The first-order valence-corrected chi connectivity index (χ1v) is 9.58. The Labute approximate surface area is 187 Å². The molecule has 0 bridgehead atoms. The Morgan fingerprint density at radius 2 is 1.76 bits per heavy atom. The van der Waals surface area contributed by atoms with Gasteiger partial charge in [-0.1, -0.05) is 58.7 Å². The van der Waals surface area contributed by atoms with Gasteiger partial charge in [0.25, 0.3) is 0 Å². The summed E-state index contributed by atoms with van der Waals surface area (Å²) in [7, 11) is 0. The fourth-order valence-electron chi connectivity index (χ4n) is 2.80. The second-order valence-corrected chi connectivity index (χ2v) is 7.16. The van der Waals surface area contributed by atoms with Gasteiger partial charge in [-0.15, -0.1) is 0 Å². The minimum absolute atomic E-state index is 0. The summed E-state index contributed by atoms with van der Waals surface area (Å²) >= 11 is 9.44. The van der Waals surface area contributed by atoms with E-state index < -0.39 is 6.09 Å². The van der Waals surface area contributed by atoms with Crippen LogP contribution in [0.25, 0.3) is 10.8 Å². The Balaban J connectivity index is 0.00000240. The molecule has 0 spiro atoms. The van der Waals surface area contributed by atoms with Crippen LogP contribution in [0.1, 0.15) is 0 Å². The number of fused-ring (bicyclic) bond motifs is 1. The topological polar surface area (TPSA) is 46.3 Å². The molecule has 4 rings (SSSR count). The highest BCUT2D eigenvalue weighted by molar-refractivity contribution is 9.10. The van der Waals surface area contributed by atoms with Crippen LogP contribution >= 0.6 is 27.5 Å². The number of hydrogen-bond donors (Lipinski definition) is 0. The lowest BCUT2D eigenvalue weighted by Gasteiger charge is -2.16. The van der Waals surface area contributed by atoms with E-state index in [0.717, 1.165) is 10.8 Å². The number of hydrogen-bond acceptors (Lipinski definition) is 3. The Kier molecular flexibility index (Phi) is 6.69. The van der Waals surface area contributed by atoms with E-state index in [1.165, 1.54) is 11.2 Å². The highest BCUT2D eigenvalue weighted by atomic mass is 79.9. The minimum Gasteiger partial charge on any atom is -1.00 e. The van der Waals surface area contributed by atoms with Crippen LogP contribution in [-0.2, 0) is 0 Å². The highest BCUT2D eigenvalue weighted by Gasteiger charge is 2.31. The number of pyridine rings is 2. The first-order chi connectivity index (χ1) is 13.6. The average Bonchev–Trinajstić information content (AvgIpc) is 2.71. The summed E-state index contributed by atoms with van der Waals surface area (Å²) < 4.78 is 7.91. The van der Waals surface area contributed by atoms with Gasteiger partial charge < -0.3 is 17.1 Å². The van der Waals surface area contributed by atoms with Gasteiger partial charge in [-0.05, 0) is 38.5 Å². The van der Waals surface area contributed by atoms with Crippen molar-refractivity contribution in [2.24, 2.45) is 0 Å². The quantitative estimate of drug-likeness (QED) is 0.414. The van der Waals surface area contributed by atoms with Crippen molar-refractivity contribution in [3.8, 4) is 5.75 Å². The van der Waals surface area contributed by atoms with Gasteiger partial charge in [0.15, 0.2) is 0 Å². The molecule has 8 heteroatoms. The summed E-state index contributed by atoms with van der Waals surface area (Å²) in [4.78, 5) is 17.5. The minimum atomic E-state index is -0.608. The second kappa shape index (κ2) is 9.22. The molecule has 0 aliphatic heterocycles. The molecule has 0 saturated heterocycles. The standard InChI is InChI=1S/C21H14BrClN3O2.ClH/c22-18-13-16(23)14-24-20(18)26(25-11-4-1-5-12-25)21(27)28-19-10-6-8-15-7-2-3-9-17(15)19;/h1-14H;1H/q+1;/p-1. The number of aromatic nitrogens is 2. The number of carbonyl (C=O) groups excluding carboxylic acids is 1. The zero-order chi connectivity index (χ0) is 19.5. The number of anilines is 1. The Bertz CT molecular complexity index is 1150. The summed E-state index contributed by atoms with van der Waals surface area (Å²) in [5.41, 5.74) is 0. The SMILES string of the molecule is O=C(Oc1cccc2ccccc12)N(c1ncc(Cl)cc1Br)[n+]1ccccc1.[Cl-]. The van der Waals surface area contributed by atoms with Crippen molar-refractivity contribution >= 4 is 50.2 Å². The van der Waals surface area contributed by atoms with Gasteiger partial charge in [-0.25, -0.2) is 9.78 Å². The largest absolute Gasteiger partial charge is 1.00 e. The molecular weight excluding hydrogens is 477 g/mol. The molecule has 0 fully saturated rings. The lowest BCUT2D eigenvalue weighted by Crippen LogP contribution is -3.00. The third-order valence-electron chi connectivity index (χ3n) is 4.04. The molecule has 2 aromatic carbocycles. The van der Waals surface area contributed by atoms with Crippen LogP contribution in [0.15, 0.2) is 89.8 Å². The Morgan fingerprint density at radius 3 is 2.52 bits per heavy atom. The van der Waals surface area contributed by atoms with E-state index >= 15 is 0 Å². The molecule has 2 heterocycles. The molecule has 146 valence electrons. The van der Waals surface area contributed by atoms with E-state index in [2.05, 4.69) is 20.9 Å². The molecule has 0 atom stereocenters. The Hall–Kier alpha value is -2.67. The summed E-state index contributed by atoms with van der Waals surface area (Å²) in [6, 6.07) is 20.4.